The van der Waals surface area contributed by atoms with Crippen LogP contribution >= 0.6 is 0 Å². The van der Waals surface area contributed by atoms with Crippen molar-refractivity contribution in [1.82, 2.24) is 15.1 Å². The summed E-state index contributed by atoms with van der Waals surface area (Å²) in [7, 11) is 0. The van der Waals surface area contributed by atoms with Crippen LogP contribution in [0.1, 0.15) is 35.1 Å². The summed E-state index contributed by atoms with van der Waals surface area (Å²) in [6.07, 6.45) is 1.70. The normalized spacial score (nSPS) is 11.9. The summed E-state index contributed by atoms with van der Waals surface area (Å²) in [5.41, 5.74) is 3.50. The van der Waals surface area contributed by atoms with E-state index in [0.29, 0.717) is 5.69 Å². The van der Waals surface area contributed by atoms with Crippen molar-refractivity contribution in [1.29, 1.82) is 0 Å². The van der Waals surface area contributed by atoms with Crippen molar-refractivity contribution in [2.45, 2.75) is 32.7 Å². The molecule has 1 aromatic heterocycles. The number of carbonyl (C=O) groups excluding carboxylic acids is 1. The third-order valence-electron chi connectivity index (χ3n) is 4.22. The molecule has 3 aromatic rings. The zero-order valence-corrected chi connectivity index (χ0v) is 14.6. The molecule has 25 heavy (non-hydrogen) atoms. The second-order valence-electron chi connectivity index (χ2n) is 6.19. The molecular weight excluding hydrogens is 310 g/mol. The second-order valence-corrected chi connectivity index (χ2v) is 6.19. The third-order valence-corrected chi connectivity index (χ3v) is 4.22. The minimum Gasteiger partial charge on any atom is -0.348 e. The fourth-order valence-corrected chi connectivity index (χ4v) is 2.88. The number of hydrogen-bond acceptors (Lipinski definition) is 2. The number of aromatic nitrogens is 2. The van der Waals surface area contributed by atoms with E-state index in [2.05, 4.69) is 29.5 Å². The Morgan fingerprint density at radius 2 is 1.72 bits per heavy atom. The number of aryl methyl sites for hydroxylation is 1. The Morgan fingerprint density at radius 3 is 2.36 bits per heavy atom. The van der Waals surface area contributed by atoms with Crippen molar-refractivity contribution in [2.75, 3.05) is 0 Å². The lowest BCUT2D eigenvalue weighted by molar-refractivity contribution is 0.0928. The fourth-order valence-electron chi connectivity index (χ4n) is 2.88. The molecule has 3 rings (SSSR count). The van der Waals surface area contributed by atoms with Crippen LogP contribution < -0.4 is 5.32 Å². The predicted molar refractivity (Wildman–Crippen MR) is 100.0 cm³/mol. The Balaban J connectivity index is 1.79. The monoisotopic (exact) mass is 333 g/mol. The summed E-state index contributed by atoms with van der Waals surface area (Å²) in [6.45, 7) is 3.99. The van der Waals surface area contributed by atoms with E-state index in [4.69, 9.17) is 0 Å². The largest absolute Gasteiger partial charge is 0.348 e. The lowest BCUT2D eigenvalue weighted by Crippen LogP contribution is -2.37. The molecule has 4 nitrogen and oxygen atoms in total. The van der Waals surface area contributed by atoms with E-state index in [-0.39, 0.29) is 11.9 Å². The van der Waals surface area contributed by atoms with Crippen LogP contribution in [-0.4, -0.2) is 21.7 Å². The van der Waals surface area contributed by atoms with Gasteiger partial charge in [-0.25, -0.2) is 4.68 Å². The average molecular weight is 333 g/mol. The molecule has 1 atom stereocenters. The van der Waals surface area contributed by atoms with Gasteiger partial charge in [-0.3, -0.25) is 4.79 Å². The van der Waals surface area contributed by atoms with Crippen LogP contribution in [0.4, 0.5) is 0 Å². The van der Waals surface area contributed by atoms with Gasteiger partial charge in [-0.2, -0.15) is 5.10 Å². The molecule has 0 fully saturated rings. The van der Waals surface area contributed by atoms with Gasteiger partial charge in [0.2, 0.25) is 0 Å². The molecule has 0 aliphatic rings. The second kappa shape index (κ2) is 7.79. The van der Waals surface area contributed by atoms with Crippen molar-refractivity contribution in [3.63, 3.8) is 0 Å². The first-order valence-electron chi connectivity index (χ1n) is 8.64. The van der Waals surface area contributed by atoms with Crippen molar-refractivity contribution in [2.24, 2.45) is 0 Å². The van der Waals surface area contributed by atoms with Gasteiger partial charge in [-0.05, 0) is 43.5 Å². The van der Waals surface area contributed by atoms with Gasteiger partial charge in [0.25, 0.3) is 5.91 Å². The molecule has 1 amide bonds. The van der Waals surface area contributed by atoms with Crippen LogP contribution in [0.3, 0.4) is 0 Å². The molecule has 0 saturated heterocycles. The number of amides is 1. The molecule has 2 aromatic carbocycles. The molecular formula is C21H23N3O. The highest BCUT2D eigenvalue weighted by molar-refractivity contribution is 5.93. The van der Waals surface area contributed by atoms with E-state index in [1.54, 1.807) is 4.68 Å². The fraction of sp³-hybridized carbons (Fsp3) is 0.238. The first-order valence-corrected chi connectivity index (χ1v) is 8.64. The van der Waals surface area contributed by atoms with Crippen molar-refractivity contribution in [3.05, 3.63) is 83.7 Å². The van der Waals surface area contributed by atoms with Gasteiger partial charge >= 0.3 is 0 Å². The maximum atomic E-state index is 12.8. The summed E-state index contributed by atoms with van der Waals surface area (Å²) in [5, 5.41) is 7.63. The first kappa shape index (κ1) is 17.0. The molecule has 0 radical (unpaired) electrons. The van der Waals surface area contributed by atoms with Crippen molar-refractivity contribution < 1.29 is 4.79 Å². The van der Waals surface area contributed by atoms with E-state index >= 15 is 0 Å². The summed E-state index contributed by atoms with van der Waals surface area (Å²) in [6, 6.07) is 21.9. The minimum absolute atomic E-state index is 0.0905. The highest BCUT2D eigenvalue weighted by Crippen LogP contribution is 2.13. The minimum atomic E-state index is -0.0905. The summed E-state index contributed by atoms with van der Waals surface area (Å²) >= 11 is 0. The lowest BCUT2D eigenvalue weighted by atomic mass is 10.0. The zero-order valence-electron chi connectivity index (χ0n) is 14.6. The molecule has 0 aliphatic heterocycles. The highest BCUT2D eigenvalue weighted by atomic mass is 16.2. The van der Waals surface area contributed by atoms with Gasteiger partial charge in [0.05, 0.1) is 11.4 Å². The number of benzene rings is 2. The molecule has 1 unspecified atom stereocenters. The SMILES string of the molecule is CCC(Cc1ccccc1)NC(=O)c1cc(C)nn1-c1ccccc1. The van der Waals surface area contributed by atoms with Crippen molar-refractivity contribution in [3.8, 4) is 5.69 Å². The molecule has 0 aliphatic carbocycles. The highest BCUT2D eigenvalue weighted by Gasteiger charge is 2.18. The van der Waals surface area contributed by atoms with Gasteiger partial charge in [-0.1, -0.05) is 55.5 Å². The number of rotatable bonds is 6. The van der Waals surface area contributed by atoms with Crippen LogP contribution in [0.25, 0.3) is 5.69 Å². The Hall–Kier alpha value is -2.88. The summed E-state index contributed by atoms with van der Waals surface area (Å²) in [4.78, 5) is 12.8. The van der Waals surface area contributed by atoms with Crippen LogP contribution in [0, 0.1) is 6.92 Å². The summed E-state index contributed by atoms with van der Waals surface area (Å²) in [5.74, 6) is -0.0905. The Morgan fingerprint density at radius 1 is 1.08 bits per heavy atom. The third kappa shape index (κ3) is 4.15. The van der Waals surface area contributed by atoms with Crippen LogP contribution in [0.2, 0.25) is 0 Å². The average Bonchev–Trinajstić information content (AvgIpc) is 3.04. The van der Waals surface area contributed by atoms with Gasteiger partial charge in [0.1, 0.15) is 5.69 Å². The Labute approximate surface area is 148 Å². The number of nitrogens with one attached hydrogen (secondary N) is 1. The van der Waals surface area contributed by atoms with E-state index in [9.17, 15) is 4.79 Å². The van der Waals surface area contributed by atoms with E-state index in [1.165, 1.54) is 5.56 Å². The number of nitrogens with zero attached hydrogens (tertiary/aromatic N) is 2. The molecule has 0 saturated carbocycles. The van der Waals surface area contributed by atoms with Gasteiger partial charge in [0, 0.05) is 6.04 Å². The predicted octanol–water partition coefficient (Wildman–Crippen LogP) is 3.93. The number of hydrogen-bond donors (Lipinski definition) is 1. The number of carbonyl (C=O) groups is 1. The number of para-hydroxylation sites is 1. The Kier molecular flexibility index (Phi) is 5.29. The van der Waals surface area contributed by atoms with E-state index in [0.717, 1.165) is 24.2 Å². The van der Waals surface area contributed by atoms with Crippen LogP contribution in [0.15, 0.2) is 66.7 Å². The maximum Gasteiger partial charge on any atom is 0.270 e. The smallest absolute Gasteiger partial charge is 0.270 e. The van der Waals surface area contributed by atoms with Gasteiger partial charge in [0.15, 0.2) is 0 Å². The van der Waals surface area contributed by atoms with Crippen molar-refractivity contribution >= 4 is 5.91 Å². The maximum absolute atomic E-state index is 12.8. The molecule has 1 N–H and O–H groups in total. The lowest BCUT2D eigenvalue weighted by Gasteiger charge is -2.17. The first-order chi connectivity index (χ1) is 12.2. The molecule has 128 valence electrons. The summed E-state index contributed by atoms with van der Waals surface area (Å²) < 4.78 is 1.71. The molecule has 4 heteroatoms. The van der Waals surface area contributed by atoms with Gasteiger partial charge < -0.3 is 5.32 Å². The van der Waals surface area contributed by atoms with Gasteiger partial charge in [-0.15, -0.1) is 0 Å². The van der Waals surface area contributed by atoms with Crippen LogP contribution in [0.5, 0.6) is 0 Å². The molecule has 0 spiro atoms. The van der Waals surface area contributed by atoms with E-state index in [1.807, 2.05) is 61.5 Å². The Bertz CT molecular complexity index is 825. The van der Waals surface area contributed by atoms with Crippen LogP contribution in [-0.2, 0) is 6.42 Å². The topological polar surface area (TPSA) is 46.9 Å². The quantitative estimate of drug-likeness (QED) is 0.743. The zero-order chi connectivity index (χ0) is 17.6. The van der Waals surface area contributed by atoms with E-state index < -0.39 is 0 Å². The molecule has 1 heterocycles. The standard InChI is InChI=1S/C21H23N3O/c1-3-18(15-17-10-6-4-7-11-17)22-21(25)20-14-16(2)23-24(20)19-12-8-5-9-13-19/h4-14,18H,3,15H2,1-2H3,(H,22,25). The molecule has 0 bridgehead atoms.